The summed E-state index contributed by atoms with van der Waals surface area (Å²) in [6.07, 6.45) is 4.17. The third-order valence-electron chi connectivity index (χ3n) is 4.09. The quantitative estimate of drug-likeness (QED) is 0.348. The van der Waals surface area contributed by atoms with Gasteiger partial charge in [-0.05, 0) is 49.3 Å². The standard InChI is InChI=1S/C18H27FN4OS.HI/c1-3-20-18(22-12-17(24)23-8-4-5-9-23)21-11-14-6-7-16(19)10-15(14)13-25-2;/h6-7,10H,3-5,8-9,11-13H2,1-2H3,(H2,20,21,22);1H. The first-order chi connectivity index (χ1) is 12.1. The summed E-state index contributed by atoms with van der Waals surface area (Å²) in [6.45, 7) is 5.08. The second kappa shape index (κ2) is 12.4. The van der Waals surface area contributed by atoms with Gasteiger partial charge in [0.25, 0.3) is 0 Å². The van der Waals surface area contributed by atoms with E-state index in [2.05, 4.69) is 15.6 Å². The van der Waals surface area contributed by atoms with E-state index in [-0.39, 0.29) is 42.2 Å². The highest BCUT2D eigenvalue weighted by Crippen LogP contribution is 2.17. The molecule has 1 aliphatic rings. The van der Waals surface area contributed by atoms with Crippen molar-refractivity contribution in [3.63, 3.8) is 0 Å². The maximum Gasteiger partial charge on any atom is 0.241 e. The molecule has 0 radical (unpaired) electrons. The molecule has 1 fully saturated rings. The molecular formula is C18H28FIN4OS. The Morgan fingerprint density at radius 3 is 2.65 bits per heavy atom. The van der Waals surface area contributed by atoms with Crippen molar-refractivity contribution in [2.24, 2.45) is 4.99 Å². The number of carbonyl (C=O) groups excluding carboxylic acids is 1. The number of aliphatic imine (C=N–C) groups is 1. The first-order valence-corrected chi connectivity index (χ1v) is 10.1. The third kappa shape index (κ3) is 7.30. The average Bonchev–Trinajstić information content (AvgIpc) is 3.13. The normalized spacial score (nSPS) is 14.1. The van der Waals surface area contributed by atoms with Crippen LogP contribution in [-0.4, -0.2) is 49.2 Å². The highest BCUT2D eigenvalue weighted by atomic mass is 127. The molecule has 146 valence electrons. The van der Waals surface area contributed by atoms with Gasteiger partial charge < -0.3 is 15.5 Å². The van der Waals surface area contributed by atoms with E-state index in [1.807, 2.05) is 18.1 Å². The number of nitrogens with zero attached hydrogens (tertiary/aromatic N) is 2. The predicted octanol–water partition coefficient (Wildman–Crippen LogP) is 2.98. The van der Waals surface area contributed by atoms with E-state index < -0.39 is 0 Å². The molecule has 2 rings (SSSR count). The lowest BCUT2D eigenvalue weighted by molar-refractivity contribution is -0.128. The van der Waals surface area contributed by atoms with Crippen LogP contribution in [0.1, 0.15) is 30.9 Å². The Morgan fingerprint density at radius 2 is 2.00 bits per heavy atom. The fourth-order valence-corrected chi connectivity index (χ4v) is 3.36. The first-order valence-electron chi connectivity index (χ1n) is 8.70. The lowest BCUT2D eigenvalue weighted by atomic mass is 10.1. The van der Waals surface area contributed by atoms with Gasteiger partial charge in [0, 0.05) is 25.4 Å². The van der Waals surface area contributed by atoms with Crippen LogP contribution in [0, 0.1) is 5.82 Å². The molecule has 0 aromatic heterocycles. The van der Waals surface area contributed by atoms with Gasteiger partial charge in [-0.2, -0.15) is 11.8 Å². The summed E-state index contributed by atoms with van der Waals surface area (Å²) in [7, 11) is 0. The third-order valence-corrected chi connectivity index (χ3v) is 4.69. The molecule has 5 nitrogen and oxygen atoms in total. The van der Waals surface area contributed by atoms with Gasteiger partial charge in [0.2, 0.25) is 5.91 Å². The largest absolute Gasteiger partial charge is 0.357 e. The van der Waals surface area contributed by atoms with Crippen LogP contribution in [0.3, 0.4) is 0 Å². The number of carbonyl (C=O) groups is 1. The predicted molar refractivity (Wildman–Crippen MR) is 118 cm³/mol. The summed E-state index contributed by atoms with van der Waals surface area (Å²) in [6, 6.07) is 4.81. The fraction of sp³-hybridized carbons (Fsp3) is 0.556. The molecule has 26 heavy (non-hydrogen) atoms. The van der Waals surface area contributed by atoms with E-state index in [4.69, 9.17) is 0 Å². The summed E-state index contributed by atoms with van der Waals surface area (Å²) in [5.41, 5.74) is 1.96. The molecular weight excluding hydrogens is 466 g/mol. The molecule has 1 aliphatic heterocycles. The number of hydrogen-bond donors (Lipinski definition) is 2. The molecule has 1 amide bonds. The van der Waals surface area contributed by atoms with Crippen LogP contribution in [0.15, 0.2) is 23.2 Å². The van der Waals surface area contributed by atoms with E-state index in [0.29, 0.717) is 19.0 Å². The van der Waals surface area contributed by atoms with Crippen molar-refractivity contribution in [2.75, 3.05) is 32.4 Å². The lowest BCUT2D eigenvalue weighted by Crippen LogP contribution is -2.44. The Labute approximate surface area is 176 Å². The molecule has 0 saturated carbocycles. The second-order valence-corrected chi connectivity index (χ2v) is 6.85. The number of thioether (sulfide) groups is 1. The molecule has 0 bridgehead atoms. The molecule has 1 aromatic carbocycles. The topological polar surface area (TPSA) is 56.7 Å². The van der Waals surface area contributed by atoms with Gasteiger partial charge in [0.1, 0.15) is 5.82 Å². The fourth-order valence-electron chi connectivity index (χ4n) is 2.78. The monoisotopic (exact) mass is 494 g/mol. The smallest absolute Gasteiger partial charge is 0.241 e. The average molecular weight is 494 g/mol. The van der Waals surface area contributed by atoms with Gasteiger partial charge in [-0.1, -0.05) is 6.07 Å². The maximum absolute atomic E-state index is 13.4. The molecule has 1 heterocycles. The minimum absolute atomic E-state index is 0. The molecule has 0 atom stereocenters. The SMILES string of the molecule is CCNC(=NCc1ccc(F)cc1CSC)NCC(=O)N1CCCC1.I. The van der Waals surface area contributed by atoms with E-state index in [1.165, 1.54) is 6.07 Å². The Balaban J connectivity index is 0.00000338. The number of rotatable bonds is 7. The van der Waals surface area contributed by atoms with Crippen LogP contribution in [0.25, 0.3) is 0 Å². The molecule has 8 heteroatoms. The Bertz CT molecular complexity index is 609. The number of nitrogens with one attached hydrogen (secondary N) is 2. The van der Waals surface area contributed by atoms with Crippen LogP contribution in [0.4, 0.5) is 4.39 Å². The number of likely N-dealkylation sites (tertiary alicyclic amines) is 1. The minimum Gasteiger partial charge on any atom is -0.357 e. The van der Waals surface area contributed by atoms with Gasteiger partial charge in [-0.25, -0.2) is 9.38 Å². The molecule has 0 unspecified atom stereocenters. The number of benzene rings is 1. The van der Waals surface area contributed by atoms with Gasteiger partial charge >= 0.3 is 0 Å². The zero-order valence-electron chi connectivity index (χ0n) is 15.4. The zero-order valence-corrected chi connectivity index (χ0v) is 18.5. The van der Waals surface area contributed by atoms with E-state index in [0.717, 1.165) is 42.8 Å². The summed E-state index contributed by atoms with van der Waals surface area (Å²) in [5.74, 6) is 1.24. The summed E-state index contributed by atoms with van der Waals surface area (Å²) >= 11 is 1.65. The highest BCUT2D eigenvalue weighted by Gasteiger charge is 2.17. The number of amides is 1. The van der Waals surface area contributed by atoms with Gasteiger partial charge in [-0.3, -0.25) is 4.79 Å². The first kappa shape index (κ1) is 23.0. The highest BCUT2D eigenvalue weighted by molar-refractivity contribution is 14.0. The van der Waals surface area contributed by atoms with Gasteiger partial charge in [-0.15, -0.1) is 24.0 Å². The van der Waals surface area contributed by atoms with Crippen molar-refractivity contribution in [3.8, 4) is 0 Å². The Morgan fingerprint density at radius 1 is 1.27 bits per heavy atom. The molecule has 1 saturated heterocycles. The number of guanidine groups is 1. The molecule has 1 aromatic rings. The van der Waals surface area contributed by atoms with Gasteiger partial charge in [0.05, 0.1) is 13.1 Å². The number of halogens is 2. The van der Waals surface area contributed by atoms with Crippen molar-refractivity contribution in [1.29, 1.82) is 0 Å². The van der Waals surface area contributed by atoms with Crippen LogP contribution in [0.2, 0.25) is 0 Å². The van der Waals surface area contributed by atoms with E-state index in [9.17, 15) is 9.18 Å². The maximum atomic E-state index is 13.4. The molecule has 2 N–H and O–H groups in total. The van der Waals surface area contributed by atoms with Crippen LogP contribution in [0.5, 0.6) is 0 Å². The summed E-state index contributed by atoms with van der Waals surface area (Å²) in [5, 5.41) is 6.25. The second-order valence-electron chi connectivity index (χ2n) is 5.98. The van der Waals surface area contributed by atoms with Crippen molar-refractivity contribution < 1.29 is 9.18 Å². The van der Waals surface area contributed by atoms with Crippen LogP contribution < -0.4 is 10.6 Å². The Hall–Kier alpha value is -1.03. The molecule has 0 aliphatic carbocycles. The number of hydrogen-bond acceptors (Lipinski definition) is 3. The molecule has 0 spiro atoms. The van der Waals surface area contributed by atoms with Crippen LogP contribution >= 0.6 is 35.7 Å². The van der Waals surface area contributed by atoms with Gasteiger partial charge in [0.15, 0.2) is 5.96 Å². The Kier molecular flexibility index (Phi) is 11.0. The lowest BCUT2D eigenvalue weighted by Gasteiger charge is -2.17. The van der Waals surface area contributed by atoms with Crippen molar-refractivity contribution >= 4 is 47.6 Å². The van der Waals surface area contributed by atoms with Crippen molar-refractivity contribution in [2.45, 2.75) is 32.1 Å². The van der Waals surface area contributed by atoms with Crippen molar-refractivity contribution in [3.05, 3.63) is 35.1 Å². The van der Waals surface area contributed by atoms with Crippen LogP contribution in [-0.2, 0) is 17.1 Å². The van der Waals surface area contributed by atoms with Crippen molar-refractivity contribution in [1.82, 2.24) is 15.5 Å². The summed E-state index contributed by atoms with van der Waals surface area (Å²) < 4.78 is 13.4. The van der Waals surface area contributed by atoms with E-state index in [1.54, 1.807) is 23.9 Å². The summed E-state index contributed by atoms with van der Waals surface area (Å²) in [4.78, 5) is 18.6. The van der Waals surface area contributed by atoms with E-state index >= 15 is 0 Å². The minimum atomic E-state index is -0.224. The zero-order chi connectivity index (χ0) is 18.1.